The molecule has 1 aliphatic rings. The van der Waals surface area contributed by atoms with E-state index in [0.29, 0.717) is 11.6 Å². The molecule has 0 N–H and O–H groups in total. The van der Waals surface area contributed by atoms with E-state index in [1.165, 1.54) is 0 Å². The van der Waals surface area contributed by atoms with E-state index in [9.17, 15) is 4.79 Å². The lowest BCUT2D eigenvalue weighted by Gasteiger charge is -2.29. The lowest BCUT2D eigenvalue weighted by atomic mass is 10.1. The van der Waals surface area contributed by atoms with E-state index < -0.39 is 0 Å². The van der Waals surface area contributed by atoms with Crippen LogP contribution in [0.2, 0.25) is 5.02 Å². The highest BCUT2D eigenvalue weighted by Crippen LogP contribution is 2.38. The van der Waals surface area contributed by atoms with Gasteiger partial charge in [-0.15, -0.1) is 23.1 Å². The van der Waals surface area contributed by atoms with Crippen molar-refractivity contribution in [2.45, 2.75) is 4.90 Å². The zero-order valence-electron chi connectivity index (χ0n) is 11.6. The molecular weight excluding hydrogens is 334 g/mol. The number of benzene rings is 2. The molecule has 5 heteroatoms. The molecule has 22 heavy (non-hydrogen) atoms. The molecule has 1 aromatic heterocycles. The molecule has 0 atom stereocenters. The van der Waals surface area contributed by atoms with Crippen LogP contribution in [-0.4, -0.2) is 18.2 Å². The highest BCUT2D eigenvalue weighted by molar-refractivity contribution is 7.99. The molecule has 0 unspecified atom stereocenters. The Hall–Kier alpha value is -1.49. The number of carbonyl (C=O) groups excluding carboxylic acids is 1. The summed E-state index contributed by atoms with van der Waals surface area (Å²) in [6.45, 7) is 0.709. The highest BCUT2D eigenvalue weighted by Gasteiger charge is 2.25. The van der Waals surface area contributed by atoms with E-state index in [1.54, 1.807) is 23.1 Å². The second-order valence-corrected chi connectivity index (χ2v) is 7.55. The minimum atomic E-state index is 0.0567. The minimum Gasteiger partial charge on any atom is -0.306 e. The van der Waals surface area contributed by atoms with Gasteiger partial charge in [-0.25, -0.2) is 0 Å². The molecule has 110 valence electrons. The molecule has 0 aliphatic carbocycles. The van der Waals surface area contributed by atoms with E-state index in [0.717, 1.165) is 32.0 Å². The van der Waals surface area contributed by atoms with Gasteiger partial charge in [0.25, 0.3) is 5.91 Å². The van der Waals surface area contributed by atoms with Gasteiger partial charge in [-0.05, 0) is 24.3 Å². The molecule has 1 amide bonds. The number of halogens is 1. The maximum absolute atomic E-state index is 13.0. The Balaban J connectivity index is 1.80. The molecule has 0 saturated heterocycles. The second kappa shape index (κ2) is 5.61. The topological polar surface area (TPSA) is 20.3 Å². The van der Waals surface area contributed by atoms with Gasteiger partial charge in [0.2, 0.25) is 0 Å². The van der Waals surface area contributed by atoms with Crippen LogP contribution in [0.15, 0.2) is 52.7 Å². The summed E-state index contributed by atoms with van der Waals surface area (Å²) >= 11 is 9.50. The Kier molecular flexibility index (Phi) is 3.60. The Labute approximate surface area is 141 Å². The zero-order valence-corrected chi connectivity index (χ0v) is 14.0. The van der Waals surface area contributed by atoms with Crippen LogP contribution in [0, 0.1) is 0 Å². The van der Waals surface area contributed by atoms with E-state index >= 15 is 0 Å². The molecule has 0 fully saturated rings. The van der Waals surface area contributed by atoms with Gasteiger partial charge in [0.1, 0.15) is 0 Å². The predicted molar refractivity (Wildman–Crippen MR) is 95.7 cm³/mol. The molecule has 2 aromatic carbocycles. The van der Waals surface area contributed by atoms with Crippen molar-refractivity contribution in [3.05, 3.63) is 58.4 Å². The third kappa shape index (κ3) is 2.32. The summed E-state index contributed by atoms with van der Waals surface area (Å²) in [4.78, 5) is 16.0. The summed E-state index contributed by atoms with van der Waals surface area (Å²) in [5.41, 5.74) is 1.70. The number of rotatable bonds is 1. The van der Waals surface area contributed by atoms with Crippen LogP contribution in [0.1, 0.15) is 10.4 Å². The maximum atomic E-state index is 13.0. The molecule has 0 radical (unpaired) electrons. The number of amides is 1. The average Bonchev–Trinajstić information content (AvgIpc) is 2.97. The zero-order chi connectivity index (χ0) is 15.1. The van der Waals surface area contributed by atoms with Crippen LogP contribution in [0.3, 0.4) is 0 Å². The molecule has 3 aromatic rings. The van der Waals surface area contributed by atoms with E-state index in [-0.39, 0.29) is 5.91 Å². The molecule has 1 aliphatic heterocycles. The number of anilines is 1. The monoisotopic (exact) mass is 345 g/mol. The lowest BCUT2D eigenvalue weighted by molar-refractivity contribution is 0.0989. The van der Waals surface area contributed by atoms with Crippen LogP contribution in [-0.2, 0) is 0 Å². The van der Waals surface area contributed by atoms with Gasteiger partial charge >= 0.3 is 0 Å². The summed E-state index contributed by atoms with van der Waals surface area (Å²) in [6, 6.07) is 13.8. The molecule has 4 rings (SSSR count). The van der Waals surface area contributed by atoms with E-state index in [4.69, 9.17) is 11.6 Å². The number of thioether (sulfide) groups is 1. The summed E-state index contributed by atoms with van der Waals surface area (Å²) in [5, 5.41) is 3.65. The number of nitrogens with zero attached hydrogens (tertiary/aromatic N) is 1. The Bertz CT molecular complexity index is 874. The van der Waals surface area contributed by atoms with Crippen LogP contribution in [0.4, 0.5) is 5.69 Å². The third-order valence-corrected chi connectivity index (χ3v) is 5.98. The number of carbonyl (C=O) groups is 1. The molecule has 0 saturated carbocycles. The predicted octanol–water partition coefficient (Wildman–Crippen LogP) is 5.31. The largest absolute Gasteiger partial charge is 0.306 e. The van der Waals surface area contributed by atoms with E-state index in [2.05, 4.69) is 0 Å². The first kappa shape index (κ1) is 14.1. The molecule has 0 bridgehead atoms. The van der Waals surface area contributed by atoms with Crippen LogP contribution >= 0.6 is 34.7 Å². The van der Waals surface area contributed by atoms with Gasteiger partial charge in [0.15, 0.2) is 0 Å². The van der Waals surface area contributed by atoms with Crippen molar-refractivity contribution >= 4 is 56.4 Å². The number of hydrogen-bond acceptors (Lipinski definition) is 3. The van der Waals surface area contributed by atoms with Crippen LogP contribution in [0.25, 0.3) is 10.1 Å². The van der Waals surface area contributed by atoms with Gasteiger partial charge in [-0.1, -0.05) is 29.8 Å². The normalized spacial score (nSPS) is 14.1. The summed E-state index contributed by atoms with van der Waals surface area (Å²) in [7, 11) is 0. The second-order valence-electron chi connectivity index (χ2n) is 5.06. The van der Waals surface area contributed by atoms with Crippen molar-refractivity contribution in [2.75, 3.05) is 17.2 Å². The molecule has 2 heterocycles. The quantitative estimate of drug-likeness (QED) is 0.596. The summed E-state index contributed by atoms with van der Waals surface area (Å²) in [6.07, 6.45) is 0. The minimum absolute atomic E-state index is 0.0567. The summed E-state index contributed by atoms with van der Waals surface area (Å²) < 4.78 is 1.14. The number of thiophene rings is 1. The average molecular weight is 346 g/mol. The SMILES string of the molecule is O=C(c1csc2ccccc12)N1CCSc2ccc(Cl)cc21. The standard InChI is InChI=1S/C17H12ClNOS2/c18-11-5-6-16-14(9-11)19(7-8-21-16)17(20)13-10-22-15-4-2-1-3-12(13)15/h1-6,9-10H,7-8H2. The van der Waals surface area contributed by atoms with Gasteiger partial charge in [-0.2, -0.15) is 0 Å². The first-order chi connectivity index (χ1) is 10.7. The Morgan fingerprint density at radius 2 is 2.05 bits per heavy atom. The maximum Gasteiger partial charge on any atom is 0.259 e. The fourth-order valence-electron chi connectivity index (χ4n) is 2.69. The van der Waals surface area contributed by atoms with Crippen molar-refractivity contribution < 1.29 is 4.79 Å². The fraction of sp³-hybridized carbons (Fsp3) is 0.118. The van der Waals surface area contributed by atoms with Gasteiger partial charge in [0, 0.05) is 37.7 Å². The van der Waals surface area contributed by atoms with Crippen molar-refractivity contribution in [3.8, 4) is 0 Å². The van der Waals surface area contributed by atoms with Gasteiger partial charge < -0.3 is 4.90 Å². The van der Waals surface area contributed by atoms with Crippen molar-refractivity contribution in [3.63, 3.8) is 0 Å². The highest BCUT2D eigenvalue weighted by atomic mass is 35.5. The van der Waals surface area contributed by atoms with Crippen molar-refractivity contribution in [1.82, 2.24) is 0 Å². The van der Waals surface area contributed by atoms with E-state index in [1.807, 2.05) is 52.7 Å². The molecular formula is C17H12ClNOS2. The third-order valence-electron chi connectivity index (χ3n) is 3.74. The number of hydrogen-bond donors (Lipinski definition) is 0. The summed E-state index contributed by atoms with van der Waals surface area (Å²) in [5.74, 6) is 0.962. The van der Waals surface area contributed by atoms with Gasteiger partial charge in [-0.3, -0.25) is 4.79 Å². The smallest absolute Gasteiger partial charge is 0.259 e. The Morgan fingerprint density at radius 3 is 2.95 bits per heavy atom. The van der Waals surface area contributed by atoms with Crippen LogP contribution < -0.4 is 4.90 Å². The lowest BCUT2D eigenvalue weighted by Crippen LogP contribution is -2.35. The van der Waals surface area contributed by atoms with Crippen LogP contribution in [0.5, 0.6) is 0 Å². The molecule has 0 spiro atoms. The van der Waals surface area contributed by atoms with Crippen molar-refractivity contribution in [1.29, 1.82) is 0 Å². The first-order valence-electron chi connectivity index (χ1n) is 6.94. The van der Waals surface area contributed by atoms with Crippen molar-refractivity contribution in [2.24, 2.45) is 0 Å². The Morgan fingerprint density at radius 1 is 1.18 bits per heavy atom. The fourth-order valence-corrected chi connectivity index (χ4v) is 4.77. The van der Waals surface area contributed by atoms with Gasteiger partial charge in [0.05, 0.1) is 11.3 Å². The first-order valence-corrected chi connectivity index (χ1v) is 9.19. The molecule has 2 nitrogen and oxygen atoms in total. The number of fused-ring (bicyclic) bond motifs is 2.